The normalized spacial score (nSPS) is 10.3. The van der Waals surface area contributed by atoms with Crippen LogP contribution in [0.4, 0.5) is 0 Å². The van der Waals surface area contributed by atoms with Crippen molar-refractivity contribution in [3.05, 3.63) is 52.2 Å². The number of rotatable bonds is 2. The number of aromatic nitrogens is 2. The quantitative estimate of drug-likeness (QED) is 0.692. The Balaban J connectivity index is 0.000000774. The number of benzene rings is 1. The van der Waals surface area contributed by atoms with E-state index < -0.39 is 0 Å². The predicted octanol–water partition coefficient (Wildman–Crippen LogP) is 4.62. The van der Waals surface area contributed by atoms with Crippen molar-refractivity contribution < 1.29 is 4.79 Å². The Hall–Kier alpha value is -1.94. The first-order valence-corrected chi connectivity index (χ1v) is 7.98. The largest absolute Gasteiger partial charge is 0.293 e. The molecule has 2 aromatic heterocycles. The first-order valence-electron chi connectivity index (χ1n) is 7.16. The number of hydrogen-bond acceptors (Lipinski definition) is 3. The Kier molecular flexibility index (Phi) is 4.91. The molecule has 0 radical (unpaired) electrons. The molecule has 3 rings (SSSR count). The van der Waals surface area contributed by atoms with Crippen molar-refractivity contribution in [3.8, 4) is 0 Å². The van der Waals surface area contributed by atoms with Crippen LogP contribution in [0.5, 0.6) is 0 Å². The number of hydrogen-bond donors (Lipinski definition) is 0. The Morgan fingerprint density at radius 1 is 1.14 bits per heavy atom. The van der Waals surface area contributed by atoms with Crippen LogP contribution in [0.25, 0.3) is 10.8 Å². The van der Waals surface area contributed by atoms with Crippen LogP contribution in [0.3, 0.4) is 0 Å². The molecule has 3 aromatic rings. The number of thiazole rings is 1. The van der Waals surface area contributed by atoms with E-state index in [0.29, 0.717) is 6.42 Å². The molecule has 1 aromatic carbocycles. The molecule has 0 N–H and O–H groups in total. The monoisotopic (exact) mass is 300 g/mol. The van der Waals surface area contributed by atoms with Gasteiger partial charge in [-0.2, -0.15) is 0 Å². The van der Waals surface area contributed by atoms with Crippen molar-refractivity contribution in [3.63, 3.8) is 0 Å². The van der Waals surface area contributed by atoms with E-state index in [4.69, 9.17) is 0 Å². The van der Waals surface area contributed by atoms with Gasteiger partial charge in [0, 0.05) is 17.3 Å². The predicted molar refractivity (Wildman–Crippen MR) is 89.2 cm³/mol. The van der Waals surface area contributed by atoms with Crippen LogP contribution in [0.15, 0.2) is 36.7 Å². The van der Waals surface area contributed by atoms with Gasteiger partial charge in [-0.3, -0.25) is 9.36 Å². The smallest absolute Gasteiger partial charge is 0.236 e. The molecule has 4 heteroatoms. The highest BCUT2D eigenvalue weighted by Crippen LogP contribution is 2.19. The molecule has 0 aliphatic rings. The zero-order valence-electron chi connectivity index (χ0n) is 12.9. The van der Waals surface area contributed by atoms with Gasteiger partial charge in [0.05, 0.1) is 17.1 Å². The van der Waals surface area contributed by atoms with Crippen molar-refractivity contribution >= 4 is 28.0 Å². The Morgan fingerprint density at radius 2 is 1.71 bits per heavy atom. The molecule has 110 valence electrons. The maximum absolute atomic E-state index is 12.3. The summed E-state index contributed by atoms with van der Waals surface area (Å²) in [4.78, 5) is 17.8. The van der Waals surface area contributed by atoms with Gasteiger partial charge in [0.25, 0.3) is 0 Å². The summed E-state index contributed by atoms with van der Waals surface area (Å²) in [6, 6.07) is 7.98. The van der Waals surface area contributed by atoms with Crippen LogP contribution in [0.1, 0.15) is 34.2 Å². The van der Waals surface area contributed by atoms with E-state index in [9.17, 15) is 4.79 Å². The molecule has 2 heterocycles. The minimum atomic E-state index is 0.0598. The summed E-state index contributed by atoms with van der Waals surface area (Å²) in [5.41, 5.74) is 0.894. The third-order valence-electron chi connectivity index (χ3n) is 3.16. The summed E-state index contributed by atoms with van der Waals surface area (Å²) >= 11 is 1.64. The van der Waals surface area contributed by atoms with Gasteiger partial charge in [0.2, 0.25) is 5.91 Å². The van der Waals surface area contributed by atoms with Crippen LogP contribution in [0, 0.1) is 13.8 Å². The van der Waals surface area contributed by atoms with Crippen LogP contribution >= 0.6 is 11.3 Å². The van der Waals surface area contributed by atoms with Gasteiger partial charge < -0.3 is 0 Å². The number of fused-ring (bicyclic) bond motifs is 1. The van der Waals surface area contributed by atoms with E-state index in [1.54, 1.807) is 15.9 Å². The molecule has 0 amide bonds. The van der Waals surface area contributed by atoms with Crippen molar-refractivity contribution in [1.29, 1.82) is 0 Å². The molecule has 0 aliphatic heterocycles. The zero-order valence-corrected chi connectivity index (χ0v) is 13.7. The minimum Gasteiger partial charge on any atom is -0.293 e. The topological polar surface area (TPSA) is 34.9 Å². The lowest BCUT2D eigenvalue weighted by Gasteiger charge is -2.00. The molecule has 0 unspecified atom stereocenters. The molecule has 0 saturated heterocycles. The molecular weight excluding hydrogens is 280 g/mol. The number of carbonyl (C=O) groups excluding carboxylic acids is 1. The van der Waals surface area contributed by atoms with Gasteiger partial charge in [-0.05, 0) is 24.6 Å². The fourth-order valence-corrected chi connectivity index (χ4v) is 3.03. The van der Waals surface area contributed by atoms with Crippen molar-refractivity contribution in [2.45, 2.75) is 34.1 Å². The lowest BCUT2D eigenvalue weighted by molar-refractivity contribution is 0.0913. The van der Waals surface area contributed by atoms with Gasteiger partial charge in [-0.25, -0.2) is 4.98 Å². The van der Waals surface area contributed by atoms with Gasteiger partial charge in [0.15, 0.2) is 0 Å². The number of aryl methyl sites for hydroxylation is 2. The van der Waals surface area contributed by atoms with Crippen LogP contribution in [-0.4, -0.2) is 15.5 Å². The highest BCUT2D eigenvalue weighted by Gasteiger charge is 2.12. The lowest BCUT2D eigenvalue weighted by atomic mass is 10.2. The fraction of sp³-hybridized carbons (Fsp3) is 0.294. The zero-order chi connectivity index (χ0) is 15.4. The summed E-state index contributed by atoms with van der Waals surface area (Å²) in [7, 11) is 0. The first kappa shape index (κ1) is 15.4. The fourth-order valence-electron chi connectivity index (χ4n) is 2.20. The molecule has 0 atom stereocenters. The van der Waals surface area contributed by atoms with E-state index in [0.717, 1.165) is 26.4 Å². The maximum atomic E-state index is 12.3. The Labute approximate surface area is 129 Å². The van der Waals surface area contributed by atoms with Gasteiger partial charge in [0.1, 0.15) is 0 Å². The second-order valence-electron chi connectivity index (χ2n) is 4.60. The van der Waals surface area contributed by atoms with E-state index in [2.05, 4.69) is 4.98 Å². The minimum absolute atomic E-state index is 0.0598. The number of carbonyl (C=O) groups is 1. The SMILES string of the molecule is CC.Cc1nc(CC(=O)n2cc3ccccc3c2)c(C)s1. The van der Waals surface area contributed by atoms with Crippen molar-refractivity contribution in [2.24, 2.45) is 0 Å². The molecule has 0 bridgehead atoms. The molecular formula is C17H20N2OS. The second-order valence-corrected chi connectivity index (χ2v) is 6.01. The van der Waals surface area contributed by atoms with E-state index >= 15 is 0 Å². The number of nitrogens with zero attached hydrogens (tertiary/aromatic N) is 2. The highest BCUT2D eigenvalue weighted by atomic mass is 32.1. The van der Waals surface area contributed by atoms with Crippen LogP contribution in [-0.2, 0) is 6.42 Å². The summed E-state index contributed by atoms with van der Waals surface area (Å²) in [6.07, 6.45) is 4.12. The summed E-state index contributed by atoms with van der Waals surface area (Å²) in [5, 5.41) is 3.18. The molecule has 0 saturated carbocycles. The molecule has 3 nitrogen and oxygen atoms in total. The van der Waals surface area contributed by atoms with Crippen LogP contribution in [0.2, 0.25) is 0 Å². The van der Waals surface area contributed by atoms with Gasteiger partial charge >= 0.3 is 0 Å². The average molecular weight is 300 g/mol. The summed E-state index contributed by atoms with van der Waals surface area (Å²) in [6.45, 7) is 7.98. The molecule has 0 aliphatic carbocycles. The Bertz CT molecular complexity index is 722. The Morgan fingerprint density at radius 3 is 2.19 bits per heavy atom. The second kappa shape index (κ2) is 6.68. The van der Waals surface area contributed by atoms with E-state index in [-0.39, 0.29) is 5.91 Å². The van der Waals surface area contributed by atoms with Crippen molar-refractivity contribution in [1.82, 2.24) is 9.55 Å². The summed E-state index contributed by atoms with van der Waals surface area (Å²) < 4.78 is 1.67. The first-order chi connectivity index (χ1) is 10.1. The average Bonchev–Trinajstić information content (AvgIpc) is 3.04. The molecule has 0 fully saturated rings. The molecule has 0 spiro atoms. The molecule has 21 heavy (non-hydrogen) atoms. The summed E-state index contributed by atoms with van der Waals surface area (Å²) in [5.74, 6) is 0.0598. The van der Waals surface area contributed by atoms with Gasteiger partial charge in [-0.15, -0.1) is 11.3 Å². The van der Waals surface area contributed by atoms with Crippen LogP contribution < -0.4 is 0 Å². The lowest BCUT2D eigenvalue weighted by Crippen LogP contribution is -2.12. The third kappa shape index (κ3) is 3.39. The van der Waals surface area contributed by atoms with E-state index in [1.807, 2.05) is 64.4 Å². The standard InChI is InChI=1S/C15H14N2OS.C2H6/c1-10-14(16-11(2)19-10)7-15(18)17-8-12-5-3-4-6-13(12)9-17;1-2/h3-6,8-9H,7H2,1-2H3;1-2H3. The van der Waals surface area contributed by atoms with E-state index in [1.165, 1.54) is 0 Å². The highest BCUT2D eigenvalue weighted by molar-refractivity contribution is 7.11. The maximum Gasteiger partial charge on any atom is 0.236 e. The van der Waals surface area contributed by atoms with Gasteiger partial charge in [-0.1, -0.05) is 38.1 Å². The van der Waals surface area contributed by atoms with Crippen molar-refractivity contribution in [2.75, 3.05) is 0 Å². The third-order valence-corrected chi connectivity index (χ3v) is 4.09.